The summed E-state index contributed by atoms with van der Waals surface area (Å²) in [5.74, 6) is 0.324. The predicted octanol–water partition coefficient (Wildman–Crippen LogP) is 3.50. The van der Waals surface area contributed by atoms with Crippen molar-refractivity contribution in [3.63, 3.8) is 0 Å². The van der Waals surface area contributed by atoms with Gasteiger partial charge in [-0.2, -0.15) is 0 Å². The van der Waals surface area contributed by atoms with Gasteiger partial charge in [-0.1, -0.05) is 25.1 Å². The van der Waals surface area contributed by atoms with Crippen LogP contribution in [0.15, 0.2) is 48.3 Å². The number of hydrogen-bond donors (Lipinski definition) is 2. The Morgan fingerprint density at radius 3 is 2.89 bits per heavy atom. The van der Waals surface area contributed by atoms with E-state index in [0.29, 0.717) is 11.6 Å². The first-order chi connectivity index (χ1) is 13.5. The smallest absolute Gasteiger partial charge is 0.228 e. The minimum Gasteiger partial charge on any atom is -0.388 e. The predicted molar refractivity (Wildman–Crippen MR) is 110 cm³/mol. The zero-order valence-electron chi connectivity index (χ0n) is 16.3. The molecule has 3 heterocycles. The number of fused-ring (bicyclic) bond motifs is 1. The fourth-order valence-electron chi connectivity index (χ4n) is 4.66. The van der Waals surface area contributed by atoms with Crippen LogP contribution < -0.4 is 5.32 Å². The number of likely N-dealkylation sites (tertiary alicyclic amines) is 1. The second kappa shape index (κ2) is 6.16. The second-order valence-corrected chi connectivity index (χ2v) is 8.88. The van der Waals surface area contributed by atoms with Gasteiger partial charge in [0.25, 0.3) is 0 Å². The van der Waals surface area contributed by atoms with Gasteiger partial charge in [-0.05, 0) is 43.9 Å². The molecule has 5 nitrogen and oxygen atoms in total. The summed E-state index contributed by atoms with van der Waals surface area (Å²) in [7, 11) is 0. The first kappa shape index (κ1) is 17.4. The summed E-state index contributed by atoms with van der Waals surface area (Å²) < 4.78 is 0. The number of benzene rings is 1. The molecule has 1 unspecified atom stereocenters. The number of pyridine rings is 1. The number of carbonyl (C=O) groups is 1. The Bertz CT molecular complexity index is 1010. The number of nitrogens with one attached hydrogen (secondary N) is 2. The van der Waals surface area contributed by atoms with Crippen molar-refractivity contribution < 1.29 is 4.79 Å². The van der Waals surface area contributed by atoms with Gasteiger partial charge in [-0.15, -0.1) is 0 Å². The van der Waals surface area contributed by atoms with Crippen LogP contribution in [-0.4, -0.2) is 41.1 Å². The molecule has 5 rings (SSSR count). The molecule has 1 amide bonds. The molecular weight excluding hydrogens is 348 g/mol. The normalized spacial score (nSPS) is 26.8. The van der Waals surface area contributed by atoms with E-state index >= 15 is 0 Å². The summed E-state index contributed by atoms with van der Waals surface area (Å²) in [6.45, 7) is 4.61. The van der Waals surface area contributed by atoms with Crippen molar-refractivity contribution >= 4 is 22.5 Å². The van der Waals surface area contributed by atoms with E-state index in [2.05, 4.69) is 22.1 Å². The number of para-hydroxylation sites is 1. The van der Waals surface area contributed by atoms with Crippen LogP contribution in [0.25, 0.3) is 10.9 Å². The van der Waals surface area contributed by atoms with Gasteiger partial charge in [0, 0.05) is 53.3 Å². The summed E-state index contributed by atoms with van der Waals surface area (Å²) in [6.07, 6.45) is 7.80. The fraction of sp³-hybridized carbons (Fsp3) is 0.435. The molecule has 1 spiro atoms. The molecule has 0 radical (unpaired) electrons. The molecule has 1 aliphatic carbocycles. The van der Waals surface area contributed by atoms with Crippen LogP contribution in [0.4, 0.5) is 0 Å². The number of nitrogens with zero attached hydrogens (tertiary/aromatic N) is 2. The molecule has 28 heavy (non-hydrogen) atoms. The SMILES string of the molecule is CC1(C(=O)N2CCC3(CCN/C3=C\C(=N)c3cnc4ccccc4c3)C2)CC1. The van der Waals surface area contributed by atoms with E-state index in [4.69, 9.17) is 5.41 Å². The number of aromatic nitrogens is 1. The van der Waals surface area contributed by atoms with Crippen LogP contribution in [0, 0.1) is 16.2 Å². The standard InChI is InChI=1S/C23H26N4O/c1-22(6-7-22)21(28)27-11-9-23(15-27)8-10-25-20(23)13-18(24)17-12-16-4-2-3-5-19(16)26-14-17/h2-5,12-14,24-25H,6-11,15H2,1H3/b20-13-,24-18?. The zero-order chi connectivity index (χ0) is 19.4. The molecule has 1 aromatic heterocycles. The van der Waals surface area contributed by atoms with Crippen molar-refractivity contribution in [1.29, 1.82) is 5.41 Å². The van der Waals surface area contributed by atoms with Gasteiger partial charge in [-0.25, -0.2) is 0 Å². The van der Waals surface area contributed by atoms with Crippen molar-refractivity contribution in [2.45, 2.75) is 32.6 Å². The number of rotatable bonds is 3. The summed E-state index contributed by atoms with van der Waals surface area (Å²) >= 11 is 0. The third-order valence-electron chi connectivity index (χ3n) is 6.84. The molecule has 3 fully saturated rings. The lowest BCUT2D eigenvalue weighted by molar-refractivity contribution is -0.135. The lowest BCUT2D eigenvalue weighted by Gasteiger charge is -2.26. The van der Waals surface area contributed by atoms with E-state index < -0.39 is 0 Å². The summed E-state index contributed by atoms with van der Waals surface area (Å²) in [4.78, 5) is 19.3. The molecule has 2 N–H and O–H groups in total. The average molecular weight is 374 g/mol. The van der Waals surface area contributed by atoms with Crippen molar-refractivity contribution in [1.82, 2.24) is 15.2 Å². The molecule has 2 aliphatic heterocycles. The first-order valence-corrected chi connectivity index (χ1v) is 10.2. The number of carbonyl (C=O) groups excluding carboxylic acids is 1. The molecule has 1 atom stereocenters. The molecule has 5 heteroatoms. The summed E-state index contributed by atoms with van der Waals surface area (Å²) in [6, 6.07) is 10.0. The van der Waals surface area contributed by atoms with Gasteiger partial charge in [0.1, 0.15) is 0 Å². The van der Waals surface area contributed by atoms with Gasteiger partial charge >= 0.3 is 0 Å². The number of amides is 1. The minimum atomic E-state index is -0.106. The Balaban J connectivity index is 1.39. The number of allylic oxidation sites excluding steroid dienone is 1. The highest BCUT2D eigenvalue weighted by molar-refractivity contribution is 6.08. The van der Waals surface area contributed by atoms with Crippen LogP contribution >= 0.6 is 0 Å². The second-order valence-electron chi connectivity index (χ2n) is 8.88. The average Bonchev–Trinajstić information content (AvgIpc) is 3.15. The maximum absolute atomic E-state index is 12.8. The van der Waals surface area contributed by atoms with E-state index in [1.165, 1.54) is 0 Å². The van der Waals surface area contributed by atoms with Crippen molar-refractivity contribution in [2.75, 3.05) is 19.6 Å². The van der Waals surface area contributed by atoms with E-state index in [-0.39, 0.29) is 10.8 Å². The van der Waals surface area contributed by atoms with Crippen molar-refractivity contribution in [3.05, 3.63) is 53.9 Å². The molecule has 3 aliphatic rings. The molecule has 144 valence electrons. The van der Waals surface area contributed by atoms with Crippen molar-refractivity contribution in [3.8, 4) is 0 Å². The van der Waals surface area contributed by atoms with Crippen LogP contribution in [-0.2, 0) is 4.79 Å². The van der Waals surface area contributed by atoms with E-state index in [0.717, 1.165) is 67.5 Å². The maximum atomic E-state index is 12.8. The topological polar surface area (TPSA) is 69.1 Å². The minimum absolute atomic E-state index is 0.0164. The van der Waals surface area contributed by atoms with Crippen LogP contribution in [0.3, 0.4) is 0 Å². The number of hydrogen-bond acceptors (Lipinski definition) is 4. The first-order valence-electron chi connectivity index (χ1n) is 10.2. The maximum Gasteiger partial charge on any atom is 0.228 e. The Morgan fingerprint density at radius 1 is 1.25 bits per heavy atom. The highest BCUT2D eigenvalue weighted by Gasteiger charge is 2.52. The van der Waals surface area contributed by atoms with Gasteiger partial charge < -0.3 is 15.6 Å². The lowest BCUT2D eigenvalue weighted by Crippen LogP contribution is -2.36. The highest BCUT2D eigenvalue weighted by Crippen LogP contribution is 2.50. The summed E-state index contributed by atoms with van der Waals surface area (Å²) in [5, 5.41) is 13.2. The van der Waals surface area contributed by atoms with Gasteiger partial charge in [-0.3, -0.25) is 9.78 Å². The lowest BCUT2D eigenvalue weighted by atomic mass is 9.82. The van der Waals surface area contributed by atoms with E-state index in [9.17, 15) is 4.79 Å². The van der Waals surface area contributed by atoms with Gasteiger partial charge in [0.15, 0.2) is 0 Å². The van der Waals surface area contributed by atoms with Crippen LogP contribution in [0.1, 0.15) is 38.2 Å². The molecule has 2 aromatic rings. The van der Waals surface area contributed by atoms with Gasteiger partial charge in [0.05, 0.1) is 11.2 Å². The quantitative estimate of drug-likeness (QED) is 0.808. The summed E-state index contributed by atoms with van der Waals surface area (Å²) in [5.41, 5.74) is 3.23. The van der Waals surface area contributed by atoms with Gasteiger partial charge in [0.2, 0.25) is 5.91 Å². The molecule has 2 saturated heterocycles. The Hall–Kier alpha value is -2.69. The Labute approximate surface area is 165 Å². The monoisotopic (exact) mass is 374 g/mol. The van der Waals surface area contributed by atoms with Crippen LogP contribution in [0.5, 0.6) is 0 Å². The molecule has 1 saturated carbocycles. The van der Waals surface area contributed by atoms with Crippen LogP contribution in [0.2, 0.25) is 0 Å². The Morgan fingerprint density at radius 2 is 2.07 bits per heavy atom. The Kier molecular flexibility index (Phi) is 3.83. The van der Waals surface area contributed by atoms with E-state index in [1.807, 2.05) is 36.4 Å². The third-order valence-corrected chi connectivity index (χ3v) is 6.84. The third kappa shape index (κ3) is 2.81. The van der Waals surface area contributed by atoms with Crippen molar-refractivity contribution in [2.24, 2.45) is 10.8 Å². The zero-order valence-corrected chi connectivity index (χ0v) is 16.3. The molecule has 1 aromatic carbocycles. The molecular formula is C23H26N4O. The largest absolute Gasteiger partial charge is 0.388 e. The highest BCUT2D eigenvalue weighted by atomic mass is 16.2. The fourth-order valence-corrected chi connectivity index (χ4v) is 4.66. The molecule has 0 bridgehead atoms. The van der Waals surface area contributed by atoms with E-state index in [1.54, 1.807) is 6.20 Å².